The first-order valence-electron chi connectivity index (χ1n) is 11.1. The second kappa shape index (κ2) is 12.4. The summed E-state index contributed by atoms with van der Waals surface area (Å²) in [6, 6.07) is 19.1. The lowest BCUT2D eigenvalue weighted by Gasteiger charge is -2.20. The van der Waals surface area contributed by atoms with Crippen molar-refractivity contribution in [3.8, 4) is 17.2 Å². The van der Waals surface area contributed by atoms with E-state index in [1.807, 2.05) is 48.5 Å². The van der Waals surface area contributed by atoms with Crippen molar-refractivity contribution < 1.29 is 31.8 Å². The zero-order valence-corrected chi connectivity index (χ0v) is 20.4. The first-order valence-corrected chi connectivity index (χ1v) is 11.9. The molecule has 4 aromatic rings. The lowest BCUT2D eigenvalue weighted by molar-refractivity contribution is -0.0692. The molecular weight excluding hydrogens is 508 g/mol. The number of methoxy groups -OCH3 is 1. The van der Waals surface area contributed by atoms with Crippen molar-refractivity contribution in [3.05, 3.63) is 102 Å². The summed E-state index contributed by atoms with van der Waals surface area (Å²) in [6.45, 7) is -6.39. The van der Waals surface area contributed by atoms with Crippen LogP contribution in [0.3, 0.4) is 0 Å². The van der Waals surface area contributed by atoms with Crippen LogP contribution >= 0.6 is 11.8 Å². The van der Waals surface area contributed by atoms with Gasteiger partial charge in [-0.15, -0.1) is 0 Å². The minimum atomic E-state index is -3.21. The number of ether oxygens (including phenoxy) is 3. The summed E-state index contributed by atoms with van der Waals surface area (Å²) in [5.74, 6) is -0.540. The van der Waals surface area contributed by atoms with Crippen LogP contribution in [0.15, 0.2) is 95.2 Å². The largest absolute Gasteiger partial charge is 0.497 e. The Morgan fingerprint density at radius 2 is 1.54 bits per heavy atom. The summed E-state index contributed by atoms with van der Waals surface area (Å²) in [7, 11) is 1.60. The second-order valence-electron chi connectivity index (χ2n) is 7.79. The molecule has 0 aliphatic carbocycles. The Morgan fingerprint density at radius 1 is 0.811 bits per heavy atom. The van der Waals surface area contributed by atoms with E-state index in [-0.39, 0.29) is 5.92 Å². The first-order chi connectivity index (χ1) is 17.9. The number of pyridine rings is 2. The molecule has 0 radical (unpaired) electrons. The van der Waals surface area contributed by atoms with Crippen molar-refractivity contribution in [3.63, 3.8) is 0 Å². The van der Waals surface area contributed by atoms with Crippen molar-refractivity contribution in [1.29, 1.82) is 0 Å². The van der Waals surface area contributed by atoms with E-state index in [1.165, 1.54) is 23.9 Å². The molecule has 10 heteroatoms. The van der Waals surface area contributed by atoms with Crippen LogP contribution in [0.4, 0.5) is 17.6 Å². The zero-order chi connectivity index (χ0) is 26.2. The molecule has 0 aliphatic heterocycles. The highest BCUT2D eigenvalue weighted by molar-refractivity contribution is 7.99. The van der Waals surface area contributed by atoms with Gasteiger partial charge in [0.2, 0.25) is 0 Å². The van der Waals surface area contributed by atoms with E-state index in [0.717, 1.165) is 26.8 Å². The van der Waals surface area contributed by atoms with Gasteiger partial charge in [0.15, 0.2) is 11.5 Å². The molecule has 0 spiro atoms. The molecule has 192 valence electrons. The molecule has 0 fully saturated rings. The summed E-state index contributed by atoms with van der Waals surface area (Å²) < 4.78 is 65.8. The van der Waals surface area contributed by atoms with Gasteiger partial charge in [-0.05, 0) is 71.6 Å². The third kappa shape index (κ3) is 7.36. The van der Waals surface area contributed by atoms with Gasteiger partial charge in [0.25, 0.3) is 0 Å². The van der Waals surface area contributed by atoms with Gasteiger partial charge < -0.3 is 14.2 Å². The van der Waals surface area contributed by atoms with Crippen LogP contribution in [0, 0.1) is 0 Å². The Kier molecular flexibility index (Phi) is 8.84. The van der Waals surface area contributed by atoms with Gasteiger partial charge >= 0.3 is 13.2 Å². The Labute approximate surface area is 215 Å². The topological polar surface area (TPSA) is 53.5 Å². The SMILES string of the molecule is COc1cccc(Sc2ccc(C(Cc3ccncc3)c3ccc(OC(F)F)c(OC(F)F)c3)cn2)c1. The minimum absolute atomic E-state index is 0.341. The standard InChI is InChI=1S/C27H22F4N2O3S/c1-34-20-3-2-4-21(15-20)37-25-8-6-19(16-33-25)22(13-17-9-11-32-12-10-17)18-5-7-23(35-26(28)29)24(14-18)36-27(30)31/h2-12,14-16,22,26-27H,13H2,1H3. The van der Waals surface area contributed by atoms with Crippen molar-refractivity contribution in [2.45, 2.75) is 35.5 Å². The number of nitrogens with zero attached hydrogens (tertiary/aromatic N) is 2. The van der Waals surface area contributed by atoms with Crippen molar-refractivity contribution >= 4 is 11.8 Å². The fourth-order valence-electron chi connectivity index (χ4n) is 3.75. The van der Waals surface area contributed by atoms with Gasteiger partial charge in [0.1, 0.15) is 10.8 Å². The predicted octanol–water partition coefficient (Wildman–Crippen LogP) is 7.21. The van der Waals surface area contributed by atoms with Gasteiger partial charge in [-0.1, -0.05) is 30.0 Å². The maximum absolute atomic E-state index is 13.0. The molecule has 0 aliphatic rings. The summed E-state index contributed by atoms with van der Waals surface area (Å²) >= 11 is 1.46. The normalized spacial score (nSPS) is 12.0. The minimum Gasteiger partial charge on any atom is -0.497 e. The molecular formula is C27H22F4N2O3S. The Morgan fingerprint density at radius 3 is 2.22 bits per heavy atom. The number of benzene rings is 2. The van der Waals surface area contributed by atoms with Crippen molar-refractivity contribution in [2.75, 3.05) is 7.11 Å². The summed E-state index contributed by atoms with van der Waals surface area (Å²) in [5, 5.41) is 0.752. The maximum atomic E-state index is 13.0. The van der Waals surface area contributed by atoms with Crippen LogP contribution in [0.2, 0.25) is 0 Å². The van der Waals surface area contributed by atoms with E-state index in [4.69, 9.17) is 4.74 Å². The first kappa shape index (κ1) is 26.3. The molecule has 2 aromatic heterocycles. The van der Waals surface area contributed by atoms with Gasteiger partial charge in [-0.25, -0.2) is 4.98 Å². The van der Waals surface area contributed by atoms with Gasteiger partial charge in [-0.2, -0.15) is 17.6 Å². The lowest BCUT2D eigenvalue weighted by Crippen LogP contribution is -2.10. The fraction of sp³-hybridized carbons (Fsp3) is 0.185. The number of hydrogen-bond donors (Lipinski definition) is 0. The average molecular weight is 531 g/mol. The monoisotopic (exact) mass is 530 g/mol. The molecule has 1 atom stereocenters. The van der Waals surface area contributed by atoms with Gasteiger partial charge in [0, 0.05) is 29.4 Å². The van der Waals surface area contributed by atoms with Crippen LogP contribution in [0.25, 0.3) is 0 Å². The Balaban J connectivity index is 1.66. The molecule has 2 heterocycles. The summed E-state index contributed by atoms with van der Waals surface area (Å²) in [5.41, 5.74) is 2.32. The Hall–Kier alpha value is -3.79. The second-order valence-corrected chi connectivity index (χ2v) is 8.88. The molecule has 1 unspecified atom stereocenters. The molecule has 0 N–H and O–H groups in total. The third-order valence-electron chi connectivity index (χ3n) is 5.42. The van der Waals surface area contributed by atoms with Gasteiger partial charge in [0.05, 0.1) is 7.11 Å². The van der Waals surface area contributed by atoms with Crippen LogP contribution in [-0.2, 0) is 6.42 Å². The molecule has 0 saturated carbocycles. The third-order valence-corrected chi connectivity index (χ3v) is 6.36. The van der Waals surface area contributed by atoms with Gasteiger partial charge in [-0.3, -0.25) is 4.98 Å². The molecule has 4 rings (SSSR count). The zero-order valence-electron chi connectivity index (χ0n) is 19.6. The van der Waals surface area contributed by atoms with Crippen LogP contribution in [-0.4, -0.2) is 30.3 Å². The average Bonchev–Trinajstić information content (AvgIpc) is 2.89. The number of halogens is 4. The molecule has 0 amide bonds. The molecule has 0 bridgehead atoms. The number of rotatable bonds is 11. The van der Waals surface area contributed by atoms with E-state index < -0.39 is 24.7 Å². The molecule has 37 heavy (non-hydrogen) atoms. The van der Waals surface area contributed by atoms with Crippen LogP contribution in [0.5, 0.6) is 17.2 Å². The number of hydrogen-bond acceptors (Lipinski definition) is 6. The summed E-state index contributed by atoms with van der Waals surface area (Å²) in [6.07, 6.45) is 5.51. The van der Waals surface area contributed by atoms with Crippen LogP contribution in [0.1, 0.15) is 22.6 Å². The summed E-state index contributed by atoms with van der Waals surface area (Å²) in [4.78, 5) is 9.57. The molecule has 2 aromatic carbocycles. The van der Waals surface area contributed by atoms with E-state index in [1.54, 1.807) is 31.8 Å². The highest BCUT2D eigenvalue weighted by atomic mass is 32.2. The fourth-order valence-corrected chi connectivity index (χ4v) is 4.55. The molecule has 0 saturated heterocycles. The quantitative estimate of drug-likeness (QED) is 0.191. The van der Waals surface area contributed by atoms with E-state index in [9.17, 15) is 17.6 Å². The van der Waals surface area contributed by atoms with Crippen molar-refractivity contribution in [2.24, 2.45) is 0 Å². The Bertz CT molecular complexity index is 1290. The number of aromatic nitrogens is 2. The highest BCUT2D eigenvalue weighted by Gasteiger charge is 2.21. The van der Waals surface area contributed by atoms with E-state index in [2.05, 4.69) is 19.4 Å². The van der Waals surface area contributed by atoms with E-state index in [0.29, 0.717) is 12.0 Å². The maximum Gasteiger partial charge on any atom is 0.387 e. The van der Waals surface area contributed by atoms with Crippen LogP contribution < -0.4 is 14.2 Å². The highest BCUT2D eigenvalue weighted by Crippen LogP contribution is 2.37. The van der Waals surface area contributed by atoms with E-state index >= 15 is 0 Å². The smallest absolute Gasteiger partial charge is 0.387 e. The van der Waals surface area contributed by atoms with Crippen molar-refractivity contribution in [1.82, 2.24) is 9.97 Å². The predicted molar refractivity (Wildman–Crippen MR) is 131 cm³/mol. The molecule has 5 nitrogen and oxygen atoms in total. The number of alkyl halides is 4. The lowest BCUT2D eigenvalue weighted by atomic mass is 9.87.